The summed E-state index contributed by atoms with van der Waals surface area (Å²) in [5.74, 6) is 0.0287. The molecular weight excluding hydrogens is 439 g/mol. The van der Waals surface area contributed by atoms with Gasteiger partial charge >= 0.3 is 6.36 Å². The minimum absolute atomic E-state index is 0.0586. The summed E-state index contributed by atoms with van der Waals surface area (Å²) in [6.45, 7) is 2.56. The van der Waals surface area contributed by atoms with Gasteiger partial charge in [0.15, 0.2) is 0 Å². The van der Waals surface area contributed by atoms with E-state index in [4.69, 9.17) is 0 Å². The van der Waals surface area contributed by atoms with Crippen LogP contribution in [0.4, 0.5) is 19.1 Å². The lowest BCUT2D eigenvalue weighted by Gasteiger charge is -2.34. The Bertz CT molecular complexity index is 1070. The van der Waals surface area contributed by atoms with E-state index in [1.54, 1.807) is 10.7 Å². The van der Waals surface area contributed by atoms with Crippen LogP contribution in [0, 0.1) is 0 Å². The number of carbonyl (C=O) groups excluding carboxylic acids is 1. The maximum Gasteiger partial charge on any atom is 0.573 e. The molecule has 0 spiro atoms. The fourth-order valence-electron chi connectivity index (χ4n) is 3.55. The van der Waals surface area contributed by atoms with E-state index in [9.17, 15) is 18.0 Å². The van der Waals surface area contributed by atoms with Crippen LogP contribution in [-0.2, 0) is 11.3 Å². The average molecular weight is 461 g/mol. The van der Waals surface area contributed by atoms with Gasteiger partial charge in [-0.3, -0.25) is 9.69 Å². The molecule has 0 radical (unpaired) electrons. The van der Waals surface area contributed by atoms with E-state index < -0.39 is 6.36 Å². The third kappa shape index (κ3) is 5.98. The first-order valence-electron chi connectivity index (χ1n) is 10.3. The summed E-state index contributed by atoms with van der Waals surface area (Å²) in [4.78, 5) is 16.4. The van der Waals surface area contributed by atoms with Crippen molar-refractivity contribution in [3.63, 3.8) is 0 Å². The summed E-state index contributed by atoms with van der Waals surface area (Å²) in [5, 5.41) is 14.7. The largest absolute Gasteiger partial charge is 0.573 e. The second kappa shape index (κ2) is 9.86. The Balaban J connectivity index is 1.28. The molecule has 1 aromatic heterocycles. The Hall–Kier alpha value is -3.67. The number of hydrogen-bond acceptors (Lipinski definition) is 7. The lowest BCUT2D eigenvalue weighted by atomic mass is 10.2. The van der Waals surface area contributed by atoms with Crippen LogP contribution in [0.3, 0.4) is 0 Å². The zero-order valence-corrected chi connectivity index (χ0v) is 17.6. The molecule has 2 aromatic carbocycles. The van der Waals surface area contributed by atoms with Gasteiger partial charge in [-0.05, 0) is 28.6 Å². The zero-order valence-electron chi connectivity index (χ0n) is 17.6. The summed E-state index contributed by atoms with van der Waals surface area (Å²) in [7, 11) is 0. The summed E-state index contributed by atoms with van der Waals surface area (Å²) in [6, 6.07) is 15.3. The highest BCUT2D eigenvalue weighted by Crippen LogP contribution is 2.26. The smallest absolute Gasteiger partial charge is 0.405 e. The molecule has 0 atom stereocenters. The molecule has 9 nitrogen and oxygen atoms in total. The molecule has 174 valence electrons. The van der Waals surface area contributed by atoms with Crippen molar-refractivity contribution in [3.05, 3.63) is 60.2 Å². The van der Waals surface area contributed by atoms with E-state index in [1.807, 2.05) is 40.1 Å². The maximum absolute atomic E-state index is 12.6. The Morgan fingerprint density at radius 1 is 1.00 bits per heavy atom. The molecule has 1 aliphatic rings. The van der Waals surface area contributed by atoms with E-state index in [1.165, 1.54) is 18.2 Å². The number of amides is 1. The van der Waals surface area contributed by atoms with E-state index in [-0.39, 0.29) is 30.3 Å². The molecule has 4 rings (SSSR count). The molecule has 1 N–H and O–H groups in total. The van der Waals surface area contributed by atoms with Crippen LogP contribution in [0.1, 0.15) is 5.56 Å². The number of nitrogens with one attached hydrogen (secondary N) is 1. The maximum atomic E-state index is 12.6. The van der Waals surface area contributed by atoms with Crippen LogP contribution in [0.15, 0.2) is 54.6 Å². The first-order chi connectivity index (χ1) is 15.9. The summed E-state index contributed by atoms with van der Waals surface area (Å²) < 4.78 is 43.3. The topological polar surface area (TPSA) is 88.4 Å². The van der Waals surface area contributed by atoms with E-state index in [0.29, 0.717) is 32.1 Å². The number of rotatable bonds is 7. The van der Waals surface area contributed by atoms with Gasteiger partial charge in [-0.25, -0.2) is 0 Å². The number of para-hydroxylation sites is 2. The van der Waals surface area contributed by atoms with Crippen LogP contribution >= 0.6 is 0 Å². The van der Waals surface area contributed by atoms with Crippen molar-refractivity contribution in [1.29, 1.82) is 0 Å². The fourth-order valence-corrected chi connectivity index (χ4v) is 3.55. The third-order valence-electron chi connectivity index (χ3n) is 5.15. The van der Waals surface area contributed by atoms with Gasteiger partial charge in [0.2, 0.25) is 11.9 Å². The van der Waals surface area contributed by atoms with Gasteiger partial charge in [0.25, 0.3) is 0 Å². The van der Waals surface area contributed by atoms with Gasteiger partial charge in [0.1, 0.15) is 5.75 Å². The highest BCUT2D eigenvalue weighted by Gasteiger charge is 2.32. The molecule has 1 fully saturated rings. The number of aromatic nitrogens is 4. The lowest BCUT2D eigenvalue weighted by molar-refractivity contribution is -0.274. The average Bonchev–Trinajstić information content (AvgIpc) is 3.29. The first kappa shape index (κ1) is 22.5. The summed E-state index contributed by atoms with van der Waals surface area (Å²) in [5.41, 5.74) is 1.11. The number of piperazine rings is 1. The minimum Gasteiger partial charge on any atom is -0.405 e. The number of nitrogens with zero attached hydrogens (tertiary/aromatic N) is 6. The number of halogens is 3. The monoisotopic (exact) mass is 461 g/mol. The van der Waals surface area contributed by atoms with Crippen LogP contribution in [0.2, 0.25) is 0 Å². The van der Waals surface area contributed by atoms with Gasteiger partial charge in [0.05, 0.1) is 12.2 Å². The van der Waals surface area contributed by atoms with Crippen molar-refractivity contribution in [1.82, 2.24) is 30.4 Å². The molecule has 33 heavy (non-hydrogen) atoms. The van der Waals surface area contributed by atoms with Gasteiger partial charge in [0, 0.05) is 38.3 Å². The Kier molecular flexibility index (Phi) is 6.73. The van der Waals surface area contributed by atoms with Crippen molar-refractivity contribution in [2.45, 2.75) is 12.9 Å². The highest BCUT2D eigenvalue weighted by molar-refractivity contribution is 5.78. The molecule has 0 saturated carbocycles. The van der Waals surface area contributed by atoms with Gasteiger partial charge in [-0.2, -0.15) is 4.68 Å². The number of anilines is 1. The van der Waals surface area contributed by atoms with E-state index in [2.05, 4.69) is 25.6 Å². The highest BCUT2D eigenvalue weighted by atomic mass is 19.4. The molecule has 1 aliphatic heterocycles. The number of hydrogen-bond donors (Lipinski definition) is 1. The van der Waals surface area contributed by atoms with Crippen LogP contribution < -0.4 is 15.0 Å². The van der Waals surface area contributed by atoms with Gasteiger partial charge in [-0.15, -0.1) is 13.2 Å². The number of tetrazole rings is 1. The summed E-state index contributed by atoms with van der Waals surface area (Å²) in [6.07, 6.45) is -4.79. The molecular formula is C21H22F3N7O2. The Labute approximate surface area is 187 Å². The molecule has 12 heteroatoms. The lowest BCUT2D eigenvalue weighted by Crippen LogP contribution is -2.50. The molecule has 0 bridgehead atoms. The third-order valence-corrected chi connectivity index (χ3v) is 5.15. The van der Waals surface area contributed by atoms with E-state index >= 15 is 0 Å². The SMILES string of the molecule is O=C(CN1CCN(c2nnnn2-c2ccccc2)CC1)NCc1ccccc1OC(F)(F)F. The number of ether oxygens (including phenoxy) is 1. The Morgan fingerprint density at radius 3 is 2.42 bits per heavy atom. The second-order valence-electron chi connectivity index (χ2n) is 7.42. The predicted octanol–water partition coefficient (Wildman–Crippen LogP) is 2.00. The minimum atomic E-state index is -4.79. The molecule has 3 aromatic rings. The normalized spacial score (nSPS) is 14.8. The van der Waals surface area contributed by atoms with Crippen molar-refractivity contribution in [2.24, 2.45) is 0 Å². The first-order valence-corrected chi connectivity index (χ1v) is 10.3. The zero-order chi connectivity index (χ0) is 23.3. The molecule has 0 aliphatic carbocycles. The second-order valence-corrected chi connectivity index (χ2v) is 7.42. The number of alkyl halides is 3. The van der Waals surface area contributed by atoms with E-state index in [0.717, 1.165) is 5.69 Å². The van der Waals surface area contributed by atoms with Gasteiger partial charge < -0.3 is 15.0 Å². The quantitative estimate of drug-likeness (QED) is 0.576. The summed E-state index contributed by atoms with van der Waals surface area (Å²) >= 11 is 0. The molecule has 1 amide bonds. The predicted molar refractivity (Wildman–Crippen MR) is 113 cm³/mol. The number of benzene rings is 2. The molecule has 0 unspecified atom stereocenters. The number of carbonyl (C=O) groups is 1. The van der Waals surface area contributed by atoms with Crippen molar-refractivity contribution in [2.75, 3.05) is 37.6 Å². The van der Waals surface area contributed by atoms with Gasteiger partial charge in [-0.1, -0.05) is 41.5 Å². The van der Waals surface area contributed by atoms with Crippen molar-refractivity contribution < 1.29 is 22.7 Å². The van der Waals surface area contributed by atoms with Crippen LogP contribution in [0.25, 0.3) is 5.69 Å². The Morgan fingerprint density at radius 2 is 1.70 bits per heavy atom. The molecule has 2 heterocycles. The van der Waals surface area contributed by atoms with Crippen molar-refractivity contribution >= 4 is 11.9 Å². The molecule has 1 saturated heterocycles. The standard InChI is InChI=1S/C21H22F3N7O2/c22-21(23,24)33-18-9-5-4-6-16(18)14-25-19(32)15-29-10-12-30(13-11-29)20-26-27-28-31(20)17-7-2-1-3-8-17/h1-9H,10-15H2,(H,25,32). The van der Waals surface area contributed by atoms with Crippen LogP contribution in [0.5, 0.6) is 5.75 Å². The van der Waals surface area contributed by atoms with Crippen LogP contribution in [-0.4, -0.2) is 70.1 Å². The fraction of sp³-hybridized carbons (Fsp3) is 0.333. The van der Waals surface area contributed by atoms with Crippen molar-refractivity contribution in [3.8, 4) is 11.4 Å².